The number of halogens is 1. The molecule has 2 aromatic carbocycles. The summed E-state index contributed by atoms with van der Waals surface area (Å²) in [5.41, 5.74) is 3.85. The van der Waals surface area contributed by atoms with E-state index in [1.807, 2.05) is 30.3 Å². The van der Waals surface area contributed by atoms with Crippen molar-refractivity contribution < 1.29 is 9.59 Å². The van der Waals surface area contributed by atoms with Crippen molar-refractivity contribution >= 4 is 34.2 Å². The molecule has 0 N–H and O–H groups in total. The van der Waals surface area contributed by atoms with Gasteiger partial charge in [0.1, 0.15) is 0 Å². The highest BCUT2D eigenvalue weighted by molar-refractivity contribution is 14.1. The summed E-state index contributed by atoms with van der Waals surface area (Å²) in [6.07, 6.45) is 9.18. The Morgan fingerprint density at radius 2 is 1.52 bits per heavy atom. The van der Waals surface area contributed by atoms with Crippen molar-refractivity contribution in [2.75, 3.05) is 0 Å². The van der Waals surface area contributed by atoms with E-state index in [1.54, 1.807) is 6.07 Å². The number of ketones is 2. The maximum absolute atomic E-state index is 12.7. The van der Waals surface area contributed by atoms with Gasteiger partial charge < -0.3 is 0 Å². The molecule has 0 radical (unpaired) electrons. The molecule has 2 aromatic rings. The number of hydrogen-bond donors (Lipinski definition) is 0. The van der Waals surface area contributed by atoms with Gasteiger partial charge in [-0.15, -0.1) is 6.58 Å². The number of benzene rings is 2. The summed E-state index contributed by atoms with van der Waals surface area (Å²) >= 11 is 2.17. The van der Waals surface area contributed by atoms with Crippen molar-refractivity contribution in [3.63, 3.8) is 0 Å². The Kier molecular flexibility index (Phi) is 6.64. The lowest BCUT2D eigenvalue weighted by atomic mass is 9.81. The third kappa shape index (κ3) is 4.23. The van der Waals surface area contributed by atoms with E-state index in [2.05, 4.69) is 42.2 Å². The maximum Gasteiger partial charge on any atom is 0.234 e. The average Bonchev–Trinajstić information content (AvgIpc) is 2.68. The van der Waals surface area contributed by atoms with E-state index in [-0.39, 0.29) is 5.92 Å². The number of hydrogen-bond acceptors (Lipinski definition) is 2. The molecule has 0 bridgehead atoms. The SMILES string of the molecule is C=CC(CCCCCCC)c1ccc2c(c1)C(=O)C(=O)c1cc(I)ccc1-2. The standard InChI is InChI=1S/C24H25IO2/c1-3-5-6-7-8-9-16(4-2)17-10-12-19-20-13-11-18(25)15-22(20)24(27)23(26)21(19)14-17/h4,10-16H,2-3,5-9H2,1H3. The summed E-state index contributed by atoms with van der Waals surface area (Å²) < 4.78 is 0.961. The lowest BCUT2D eigenvalue weighted by molar-refractivity contribution is 0.0815. The summed E-state index contributed by atoms with van der Waals surface area (Å²) in [5, 5.41) is 0. The van der Waals surface area contributed by atoms with E-state index in [1.165, 1.54) is 25.7 Å². The van der Waals surface area contributed by atoms with Crippen LogP contribution >= 0.6 is 22.6 Å². The zero-order valence-corrected chi connectivity index (χ0v) is 17.9. The minimum absolute atomic E-state index is 0.220. The molecule has 0 fully saturated rings. The molecule has 1 atom stereocenters. The van der Waals surface area contributed by atoms with E-state index in [0.29, 0.717) is 11.1 Å². The Labute approximate surface area is 175 Å². The molecule has 140 valence electrons. The van der Waals surface area contributed by atoms with Crippen LogP contribution in [0.5, 0.6) is 0 Å². The van der Waals surface area contributed by atoms with Gasteiger partial charge in [-0.25, -0.2) is 0 Å². The van der Waals surface area contributed by atoms with Crippen LogP contribution in [0.1, 0.15) is 77.6 Å². The van der Waals surface area contributed by atoms with Crippen LogP contribution in [0.3, 0.4) is 0 Å². The summed E-state index contributed by atoms with van der Waals surface area (Å²) in [4.78, 5) is 25.3. The van der Waals surface area contributed by atoms with Gasteiger partial charge in [0.2, 0.25) is 11.6 Å². The fraction of sp³-hybridized carbons (Fsp3) is 0.333. The molecule has 1 aliphatic rings. The monoisotopic (exact) mass is 472 g/mol. The zero-order chi connectivity index (χ0) is 19.4. The maximum atomic E-state index is 12.7. The third-order valence-electron chi connectivity index (χ3n) is 5.34. The van der Waals surface area contributed by atoms with E-state index in [0.717, 1.165) is 33.1 Å². The first-order valence-electron chi connectivity index (χ1n) is 9.72. The lowest BCUT2D eigenvalue weighted by Crippen LogP contribution is -2.21. The Hall–Kier alpha value is -1.75. The summed E-state index contributed by atoms with van der Waals surface area (Å²) in [6.45, 7) is 6.21. The number of unbranched alkanes of at least 4 members (excludes halogenated alkanes) is 4. The highest BCUT2D eigenvalue weighted by Crippen LogP contribution is 2.36. The van der Waals surface area contributed by atoms with E-state index >= 15 is 0 Å². The Balaban J connectivity index is 1.88. The number of carbonyl (C=O) groups excluding carboxylic acids is 2. The highest BCUT2D eigenvalue weighted by Gasteiger charge is 2.31. The minimum Gasteiger partial charge on any atom is -0.285 e. The first kappa shape index (κ1) is 20.0. The van der Waals surface area contributed by atoms with Gasteiger partial charge >= 0.3 is 0 Å². The molecule has 0 aromatic heterocycles. The number of Topliss-reactive ketones (excluding diaryl/α,β-unsaturated/α-hetero) is 2. The van der Waals surface area contributed by atoms with Crippen molar-refractivity contribution in [2.45, 2.75) is 51.4 Å². The Bertz CT molecular complexity index is 882. The van der Waals surface area contributed by atoms with E-state index in [9.17, 15) is 9.59 Å². The Morgan fingerprint density at radius 1 is 0.889 bits per heavy atom. The van der Waals surface area contributed by atoms with Gasteiger partial charge in [0.15, 0.2) is 0 Å². The summed E-state index contributed by atoms with van der Waals surface area (Å²) in [7, 11) is 0. The van der Waals surface area contributed by atoms with Crippen LogP contribution < -0.4 is 0 Å². The molecule has 0 heterocycles. The van der Waals surface area contributed by atoms with Gasteiger partial charge in [0, 0.05) is 20.6 Å². The minimum atomic E-state index is -0.400. The Morgan fingerprint density at radius 3 is 2.19 bits per heavy atom. The largest absolute Gasteiger partial charge is 0.285 e. The summed E-state index contributed by atoms with van der Waals surface area (Å²) in [5.74, 6) is -0.576. The molecule has 0 spiro atoms. The summed E-state index contributed by atoms with van der Waals surface area (Å²) in [6, 6.07) is 11.7. The van der Waals surface area contributed by atoms with Crippen LogP contribution in [-0.2, 0) is 0 Å². The van der Waals surface area contributed by atoms with Crippen LogP contribution in [0.2, 0.25) is 0 Å². The van der Waals surface area contributed by atoms with Gasteiger partial charge in [-0.3, -0.25) is 9.59 Å². The van der Waals surface area contributed by atoms with E-state index in [4.69, 9.17) is 0 Å². The number of fused-ring (bicyclic) bond motifs is 3. The first-order valence-corrected chi connectivity index (χ1v) is 10.8. The van der Waals surface area contributed by atoms with Crippen LogP contribution in [0.25, 0.3) is 11.1 Å². The van der Waals surface area contributed by atoms with Crippen molar-refractivity contribution in [1.82, 2.24) is 0 Å². The van der Waals surface area contributed by atoms with Gasteiger partial charge in [-0.05, 0) is 63.9 Å². The molecular weight excluding hydrogens is 447 g/mol. The third-order valence-corrected chi connectivity index (χ3v) is 6.01. The molecular formula is C24H25IO2. The topological polar surface area (TPSA) is 34.1 Å². The van der Waals surface area contributed by atoms with Crippen molar-refractivity contribution in [2.24, 2.45) is 0 Å². The van der Waals surface area contributed by atoms with Crippen LogP contribution in [0.15, 0.2) is 49.1 Å². The zero-order valence-electron chi connectivity index (χ0n) is 15.8. The fourth-order valence-electron chi connectivity index (χ4n) is 3.79. The lowest BCUT2D eigenvalue weighted by Gasteiger charge is -2.21. The normalized spacial score (nSPS) is 13.9. The van der Waals surface area contributed by atoms with Crippen molar-refractivity contribution in [3.05, 3.63) is 69.3 Å². The molecule has 3 rings (SSSR count). The smallest absolute Gasteiger partial charge is 0.234 e. The quantitative estimate of drug-likeness (QED) is 0.180. The second kappa shape index (κ2) is 8.96. The fourth-order valence-corrected chi connectivity index (χ4v) is 4.28. The van der Waals surface area contributed by atoms with Gasteiger partial charge in [0.25, 0.3) is 0 Å². The van der Waals surface area contributed by atoms with Crippen LogP contribution in [-0.4, -0.2) is 11.6 Å². The first-order chi connectivity index (χ1) is 13.1. The molecule has 2 nitrogen and oxygen atoms in total. The number of allylic oxidation sites excluding steroid dienone is 1. The molecule has 0 saturated carbocycles. The average molecular weight is 472 g/mol. The second-order valence-electron chi connectivity index (χ2n) is 7.20. The van der Waals surface area contributed by atoms with Crippen LogP contribution in [0, 0.1) is 3.57 Å². The predicted molar refractivity (Wildman–Crippen MR) is 120 cm³/mol. The van der Waals surface area contributed by atoms with E-state index < -0.39 is 11.6 Å². The molecule has 0 aliphatic heterocycles. The molecule has 0 saturated heterocycles. The highest BCUT2D eigenvalue weighted by atomic mass is 127. The number of rotatable bonds is 8. The van der Waals surface area contributed by atoms with Crippen molar-refractivity contribution in [3.8, 4) is 11.1 Å². The van der Waals surface area contributed by atoms with Crippen LogP contribution in [0.4, 0.5) is 0 Å². The molecule has 0 amide bonds. The van der Waals surface area contributed by atoms with Gasteiger partial charge in [-0.2, -0.15) is 0 Å². The molecule has 1 aliphatic carbocycles. The second-order valence-corrected chi connectivity index (χ2v) is 8.44. The van der Waals surface area contributed by atoms with Gasteiger partial charge in [-0.1, -0.05) is 63.3 Å². The molecule has 1 unspecified atom stereocenters. The molecule has 27 heavy (non-hydrogen) atoms. The van der Waals surface area contributed by atoms with Gasteiger partial charge in [0.05, 0.1) is 0 Å². The number of carbonyl (C=O) groups is 2. The predicted octanol–water partition coefficient (Wildman–Crippen LogP) is 6.97. The van der Waals surface area contributed by atoms with Crippen molar-refractivity contribution in [1.29, 1.82) is 0 Å². The molecule has 3 heteroatoms.